The number of benzene rings is 1. The Morgan fingerprint density at radius 1 is 1.17 bits per heavy atom. The molecule has 5 heterocycles. The van der Waals surface area contributed by atoms with Gasteiger partial charge in [0.1, 0.15) is 22.0 Å². The molecule has 1 saturated heterocycles. The Bertz CT molecular complexity index is 1630. The Morgan fingerprint density at radius 2 is 2.00 bits per heavy atom. The zero-order valence-corrected chi connectivity index (χ0v) is 20.0. The number of ether oxygens (including phenoxy) is 1. The Kier molecular flexibility index (Phi) is 5.46. The summed E-state index contributed by atoms with van der Waals surface area (Å²) in [5.74, 6) is 1.30. The molecule has 35 heavy (non-hydrogen) atoms. The molecule has 0 spiro atoms. The van der Waals surface area contributed by atoms with Crippen LogP contribution in [0, 0.1) is 6.92 Å². The van der Waals surface area contributed by atoms with Gasteiger partial charge in [0.05, 0.1) is 28.8 Å². The number of carbonyl (C=O) groups excluding carboxylic acids is 1. The van der Waals surface area contributed by atoms with Gasteiger partial charge in [-0.3, -0.25) is 14.0 Å². The van der Waals surface area contributed by atoms with Crippen LogP contribution in [0.25, 0.3) is 26.1 Å². The molecule has 9 nitrogen and oxygen atoms in total. The Morgan fingerprint density at radius 3 is 2.80 bits per heavy atom. The fourth-order valence-electron chi connectivity index (χ4n) is 4.57. The molecule has 1 aromatic carbocycles. The summed E-state index contributed by atoms with van der Waals surface area (Å²) in [6, 6.07) is 11.6. The first-order valence-corrected chi connectivity index (χ1v) is 12.4. The molecule has 1 amide bonds. The SMILES string of the molecule is Cc1nccn1CCNC(=O)c1c(=O)c2ccc(N3CCOCC3)nc2n2c1sc1ccccc12. The molecule has 10 heteroatoms. The summed E-state index contributed by atoms with van der Waals surface area (Å²) in [5, 5.41) is 3.36. The molecule has 0 unspecified atom stereocenters. The molecule has 6 rings (SSSR count). The molecule has 0 bridgehead atoms. The van der Waals surface area contributed by atoms with Crippen molar-refractivity contribution in [3.05, 3.63) is 70.4 Å². The number of aromatic nitrogens is 4. The van der Waals surface area contributed by atoms with Gasteiger partial charge in [-0.05, 0) is 31.2 Å². The summed E-state index contributed by atoms with van der Waals surface area (Å²) in [6.45, 7) is 5.67. The molecule has 4 aromatic heterocycles. The van der Waals surface area contributed by atoms with Crippen LogP contribution in [0.1, 0.15) is 16.2 Å². The monoisotopic (exact) mass is 488 g/mol. The number of aryl methyl sites for hydroxylation is 1. The number of rotatable bonds is 5. The highest BCUT2D eigenvalue weighted by Crippen LogP contribution is 2.31. The van der Waals surface area contributed by atoms with Crippen LogP contribution in [0.5, 0.6) is 0 Å². The number of hydrogen-bond acceptors (Lipinski definition) is 7. The number of hydrogen-bond donors (Lipinski definition) is 1. The van der Waals surface area contributed by atoms with Gasteiger partial charge < -0.3 is 19.5 Å². The average molecular weight is 489 g/mol. The number of imidazole rings is 1. The van der Waals surface area contributed by atoms with Crippen molar-refractivity contribution in [3.8, 4) is 0 Å². The highest BCUT2D eigenvalue weighted by molar-refractivity contribution is 7.24. The Balaban J connectivity index is 1.48. The molecular formula is C25H24N6O3S. The van der Waals surface area contributed by atoms with Crippen molar-refractivity contribution >= 4 is 49.1 Å². The smallest absolute Gasteiger partial charge is 0.258 e. The number of morpholine rings is 1. The van der Waals surface area contributed by atoms with Crippen molar-refractivity contribution in [1.82, 2.24) is 24.3 Å². The quantitative estimate of drug-likeness (QED) is 0.409. The van der Waals surface area contributed by atoms with E-state index in [2.05, 4.69) is 15.2 Å². The highest BCUT2D eigenvalue weighted by Gasteiger charge is 2.23. The number of pyridine rings is 2. The van der Waals surface area contributed by atoms with Crippen molar-refractivity contribution in [2.45, 2.75) is 13.5 Å². The molecular weight excluding hydrogens is 464 g/mol. The number of thiazole rings is 1. The normalized spacial score (nSPS) is 14.3. The Hall–Kier alpha value is -3.76. The van der Waals surface area contributed by atoms with Crippen LogP contribution in [-0.2, 0) is 11.3 Å². The van der Waals surface area contributed by atoms with Crippen molar-refractivity contribution in [1.29, 1.82) is 0 Å². The third kappa shape index (κ3) is 3.75. The molecule has 0 radical (unpaired) electrons. The number of anilines is 1. The number of para-hydroxylation sites is 1. The van der Waals surface area contributed by atoms with Crippen LogP contribution >= 0.6 is 11.3 Å². The lowest BCUT2D eigenvalue weighted by Crippen LogP contribution is -2.37. The van der Waals surface area contributed by atoms with Gasteiger partial charge in [-0.15, -0.1) is 11.3 Å². The van der Waals surface area contributed by atoms with E-state index < -0.39 is 0 Å². The number of amides is 1. The molecule has 0 saturated carbocycles. The van der Waals surface area contributed by atoms with Crippen LogP contribution in [-0.4, -0.2) is 57.7 Å². The number of nitrogens with one attached hydrogen (secondary N) is 1. The largest absolute Gasteiger partial charge is 0.378 e. The summed E-state index contributed by atoms with van der Waals surface area (Å²) >= 11 is 1.43. The van der Waals surface area contributed by atoms with Gasteiger partial charge in [0, 0.05) is 38.6 Å². The second-order valence-electron chi connectivity index (χ2n) is 8.48. The van der Waals surface area contributed by atoms with Gasteiger partial charge in [0.15, 0.2) is 5.65 Å². The first-order chi connectivity index (χ1) is 17.1. The van der Waals surface area contributed by atoms with Gasteiger partial charge >= 0.3 is 0 Å². The topological polar surface area (TPSA) is 93.8 Å². The lowest BCUT2D eigenvalue weighted by Gasteiger charge is -2.27. The summed E-state index contributed by atoms with van der Waals surface area (Å²) < 4.78 is 10.4. The maximum atomic E-state index is 13.6. The molecule has 178 valence electrons. The van der Waals surface area contributed by atoms with E-state index in [0.29, 0.717) is 42.2 Å². The minimum atomic E-state index is -0.379. The van der Waals surface area contributed by atoms with Gasteiger partial charge in [0.2, 0.25) is 5.43 Å². The molecule has 1 aliphatic heterocycles. The zero-order chi connectivity index (χ0) is 23.9. The van der Waals surface area contributed by atoms with Gasteiger partial charge in [0.25, 0.3) is 5.91 Å². The number of nitrogens with zero attached hydrogens (tertiary/aromatic N) is 5. The van der Waals surface area contributed by atoms with Crippen LogP contribution in [0.4, 0.5) is 5.82 Å². The van der Waals surface area contributed by atoms with E-state index in [1.807, 2.05) is 52.4 Å². The van der Waals surface area contributed by atoms with Crippen LogP contribution in [0.15, 0.2) is 53.6 Å². The van der Waals surface area contributed by atoms with Gasteiger partial charge in [-0.25, -0.2) is 9.97 Å². The molecule has 0 aliphatic carbocycles. The van der Waals surface area contributed by atoms with Crippen LogP contribution < -0.4 is 15.6 Å². The molecule has 1 N–H and O–H groups in total. The van der Waals surface area contributed by atoms with E-state index in [9.17, 15) is 9.59 Å². The molecule has 0 atom stereocenters. The number of fused-ring (bicyclic) bond motifs is 5. The first kappa shape index (κ1) is 21.8. The first-order valence-electron chi connectivity index (χ1n) is 11.6. The fourth-order valence-corrected chi connectivity index (χ4v) is 5.75. The molecule has 1 fully saturated rings. The molecule has 5 aromatic rings. The lowest BCUT2D eigenvalue weighted by atomic mass is 10.1. The number of carbonyl (C=O) groups is 1. The maximum Gasteiger partial charge on any atom is 0.258 e. The second-order valence-corrected chi connectivity index (χ2v) is 9.51. The van der Waals surface area contributed by atoms with Crippen molar-refractivity contribution in [2.75, 3.05) is 37.7 Å². The third-order valence-electron chi connectivity index (χ3n) is 6.40. The summed E-state index contributed by atoms with van der Waals surface area (Å²) in [5.41, 5.74) is 1.34. The van der Waals surface area contributed by atoms with E-state index >= 15 is 0 Å². The fraction of sp³-hybridized carbons (Fsp3) is 0.280. The van der Waals surface area contributed by atoms with E-state index in [0.717, 1.165) is 34.9 Å². The van der Waals surface area contributed by atoms with Crippen molar-refractivity contribution < 1.29 is 9.53 Å². The summed E-state index contributed by atoms with van der Waals surface area (Å²) in [6.07, 6.45) is 3.60. The Labute approximate surface area is 204 Å². The minimum Gasteiger partial charge on any atom is -0.378 e. The zero-order valence-electron chi connectivity index (χ0n) is 19.2. The van der Waals surface area contributed by atoms with E-state index in [4.69, 9.17) is 9.72 Å². The predicted octanol–water partition coefficient (Wildman–Crippen LogP) is 2.83. The molecule has 1 aliphatic rings. The van der Waals surface area contributed by atoms with E-state index in [1.165, 1.54) is 11.3 Å². The predicted molar refractivity (Wildman–Crippen MR) is 137 cm³/mol. The minimum absolute atomic E-state index is 0.155. The third-order valence-corrected chi connectivity index (χ3v) is 7.54. The summed E-state index contributed by atoms with van der Waals surface area (Å²) in [4.78, 5) is 38.9. The van der Waals surface area contributed by atoms with E-state index in [-0.39, 0.29) is 16.9 Å². The maximum absolute atomic E-state index is 13.6. The van der Waals surface area contributed by atoms with E-state index in [1.54, 1.807) is 12.3 Å². The van der Waals surface area contributed by atoms with Crippen LogP contribution in [0.3, 0.4) is 0 Å². The van der Waals surface area contributed by atoms with Crippen LogP contribution in [0.2, 0.25) is 0 Å². The average Bonchev–Trinajstić information content (AvgIpc) is 3.47. The van der Waals surface area contributed by atoms with Gasteiger partial charge in [-0.2, -0.15) is 0 Å². The van der Waals surface area contributed by atoms with Crippen molar-refractivity contribution in [3.63, 3.8) is 0 Å². The highest BCUT2D eigenvalue weighted by atomic mass is 32.1. The summed E-state index contributed by atoms with van der Waals surface area (Å²) in [7, 11) is 0. The van der Waals surface area contributed by atoms with Gasteiger partial charge in [-0.1, -0.05) is 12.1 Å². The lowest BCUT2D eigenvalue weighted by molar-refractivity contribution is 0.0953. The standard InChI is InChI=1S/C25H24N6O3S/c1-16-26-8-10-29(16)11-9-27-24(33)21-22(32)17-6-7-20(30-12-14-34-15-13-30)28-23(17)31-18-4-2-3-5-19(18)35-25(21)31/h2-8,10H,9,11-15H2,1H3,(H,27,33). The second kappa shape index (κ2) is 8.79. The van der Waals surface area contributed by atoms with Crippen molar-refractivity contribution in [2.24, 2.45) is 0 Å².